The molecule has 1 aromatic carbocycles. The van der Waals surface area contributed by atoms with Crippen LogP contribution >= 0.6 is 15.9 Å². The summed E-state index contributed by atoms with van der Waals surface area (Å²) in [5.41, 5.74) is -0.0498. The van der Waals surface area contributed by atoms with Crippen LogP contribution in [-0.2, 0) is 0 Å². The first-order valence-electron chi connectivity index (χ1n) is 4.33. The van der Waals surface area contributed by atoms with E-state index in [-0.39, 0.29) is 11.4 Å². The molecule has 0 aliphatic carbocycles. The number of halogens is 2. The van der Waals surface area contributed by atoms with Crippen molar-refractivity contribution in [3.8, 4) is 0 Å². The number of carbonyl (C=O) groups excluding carboxylic acids is 1. The number of benzene rings is 1. The molecule has 1 aromatic heterocycles. The van der Waals surface area contributed by atoms with Gasteiger partial charge in [-0.3, -0.25) is 4.79 Å². The summed E-state index contributed by atoms with van der Waals surface area (Å²) in [4.78, 5) is 11.6. The fraction of sp³-hybridized carbons (Fsp3) is 0. The number of amides is 1. The third-order valence-corrected chi connectivity index (χ3v) is 2.35. The summed E-state index contributed by atoms with van der Waals surface area (Å²) in [6.45, 7) is 0. The van der Waals surface area contributed by atoms with E-state index in [4.69, 9.17) is 0 Å². The first-order chi connectivity index (χ1) is 7.66. The van der Waals surface area contributed by atoms with Crippen molar-refractivity contribution in [3.05, 3.63) is 46.4 Å². The van der Waals surface area contributed by atoms with Gasteiger partial charge in [-0.25, -0.2) is 4.39 Å². The van der Waals surface area contributed by atoms with Gasteiger partial charge < -0.3 is 9.84 Å². The van der Waals surface area contributed by atoms with E-state index in [1.807, 2.05) is 0 Å². The molecule has 0 radical (unpaired) electrons. The highest BCUT2D eigenvalue weighted by Crippen LogP contribution is 2.16. The zero-order chi connectivity index (χ0) is 11.5. The van der Waals surface area contributed by atoms with Gasteiger partial charge in [0.25, 0.3) is 5.91 Å². The summed E-state index contributed by atoms with van der Waals surface area (Å²) in [6.07, 6.45) is 1.31. The summed E-state index contributed by atoms with van der Waals surface area (Å²) in [5.74, 6) is -0.929. The Kier molecular flexibility index (Phi) is 3.00. The summed E-state index contributed by atoms with van der Waals surface area (Å²) >= 11 is 3.11. The summed E-state index contributed by atoms with van der Waals surface area (Å²) in [7, 11) is 0. The largest absolute Gasteiger partial charge is 0.363 e. The van der Waals surface area contributed by atoms with Crippen LogP contribution in [0.4, 0.5) is 10.2 Å². The average Bonchev–Trinajstić information content (AvgIpc) is 2.70. The maximum atomic E-state index is 13.4. The summed E-state index contributed by atoms with van der Waals surface area (Å²) in [6, 6.07) is 5.65. The van der Waals surface area contributed by atoms with Gasteiger partial charge in [0.15, 0.2) is 5.82 Å². The predicted molar refractivity (Wildman–Crippen MR) is 58.6 cm³/mol. The topological polar surface area (TPSA) is 55.1 Å². The lowest BCUT2D eigenvalue weighted by Gasteiger charge is -2.02. The molecule has 0 bridgehead atoms. The van der Waals surface area contributed by atoms with Crippen molar-refractivity contribution in [1.29, 1.82) is 0 Å². The first-order valence-corrected chi connectivity index (χ1v) is 5.13. The molecule has 1 heterocycles. The molecule has 6 heteroatoms. The van der Waals surface area contributed by atoms with Crippen LogP contribution in [0.2, 0.25) is 0 Å². The number of hydrogen-bond acceptors (Lipinski definition) is 3. The van der Waals surface area contributed by atoms with Gasteiger partial charge in [0.2, 0.25) is 0 Å². The van der Waals surface area contributed by atoms with E-state index in [0.717, 1.165) is 0 Å². The van der Waals surface area contributed by atoms with Crippen LogP contribution in [0, 0.1) is 5.82 Å². The second-order valence-corrected chi connectivity index (χ2v) is 3.88. The van der Waals surface area contributed by atoms with Crippen LogP contribution in [0.5, 0.6) is 0 Å². The van der Waals surface area contributed by atoms with Crippen molar-refractivity contribution < 1.29 is 13.7 Å². The number of hydrogen-bond donors (Lipinski definition) is 1. The smallest absolute Gasteiger partial charge is 0.259 e. The lowest BCUT2D eigenvalue weighted by molar-refractivity contribution is 0.102. The minimum Gasteiger partial charge on any atom is -0.363 e. The van der Waals surface area contributed by atoms with Crippen molar-refractivity contribution in [3.63, 3.8) is 0 Å². The van der Waals surface area contributed by atoms with Gasteiger partial charge in [0.1, 0.15) is 12.1 Å². The maximum Gasteiger partial charge on any atom is 0.259 e. The highest BCUT2D eigenvalue weighted by Gasteiger charge is 2.12. The van der Waals surface area contributed by atoms with Gasteiger partial charge in [-0.2, -0.15) is 0 Å². The number of rotatable bonds is 2. The van der Waals surface area contributed by atoms with Crippen molar-refractivity contribution in [2.24, 2.45) is 0 Å². The van der Waals surface area contributed by atoms with Crippen molar-refractivity contribution in [2.45, 2.75) is 0 Å². The maximum absolute atomic E-state index is 13.4. The van der Waals surface area contributed by atoms with Crippen LogP contribution in [-0.4, -0.2) is 11.1 Å². The Balaban J connectivity index is 2.21. The van der Waals surface area contributed by atoms with Gasteiger partial charge in [-0.05, 0) is 18.2 Å². The first kappa shape index (κ1) is 10.8. The normalized spacial score (nSPS) is 10.1. The van der Waals surface area contributed by atoms with Gasteiger partial charge >= 0.3 is 0 Å². The Morgan fingerprint density at radius 2 is 2.25 bits per heavy atom. The molecule has 0 aliphatic heterocycles. The molecule has 0 saturated heterocycles. The van der Waals surface area contributed by atoms with Gasteiger partial charge in [-0.1, -0.05) is 21.1 Å². The zero-order valence-electron chi connectivity index (χ0n) is 7.91. The minimum atomic E-state index is -0.602. The van der Waals surface area contributed by atoms with Crippen molar-refractivity contribution in [2.75, 3.05) is 5.32 Å². The lowest BCUT2D eigenvalue weighted by atomic mass is 10.2. The molecule has 0 saturated carbocycles. The highest BCUT2D eigenvalue weighted by molar-refractivity contribution is 9.10. The fourth-order valence-electron chi connectivity index (χ4n) is 1.13. The molecule has 2 aromatic rings. The van der Waals surface area contributed by atoms with Crippen molar-refractivity contribution >= 4 is 27.7 Å². The molecule has 2 rings (SSSR count). The van der Waals surface area contributed by atoms with Gasteiger partial charge in [0, 0.05) is 10.5 Å². The average molecular weight is 285 g/mol. The molecular formula is C10H6BrFN2O2. The molecule has 82 valence electrons. The lowest BCUT2D eigenvalue weighted by Crippen LogP contribution is -2.13. The molecule has 0 aliphatic rings. The van der Waals surface area contributed by atoms with Crippen LogP contribution in [0.15, 0.2) is 39.5 Å². The SMILES string of the molecule is O=C(Nc1ccon1)c1ccc(Br)cc1F. The van der Waals surface area contributed by atoms with Crippen LogP contribution in [0.3, 0.4) is 0 Å². The van der Waals surface area contributed by atoms with E-state index in [1.165, 1.54) is 24.5 Å². The number of aromatic nitrogens is 1. The van der Waals surface area contributed by atoms with Crippen molar-refractivity contribution in [1.82, 2.24) is 5.16 Å². The van der Waals surface area contributed by atoms with E-state index in [9.17, 15) is 9.18 Å². The van der Waals surface area contributed by atoms with Crippen LogP contribution in [0.25, 0.3) is 0 Å². The Labute approximate surface area is 98.6 Å². The number of anilines is 1. The third-order valence-electron chi connectivity index (χ3n) is 1.86. The minimum absolute atomic E-state index is 0.0498. The second-order valence-electron chi connectivity index (χ2n) is 2.96. The molecule has 1 N–H and O–H groups in total. The highest BCUT2D eigenvalue weighted by atomic mass is 79.9. The van der Waals surface area contributed by atoms with Crippen LogP contribution in [0.1, 0.15) is 10.4 Å². The summed E-state index contributed by atoms with van der Waals surface area (Å²) in [5, 5.41) is 5.89. The fourth-order valence-corrected chi connectivity index (χ4v) is 1.47. The Bertz CT molecular complexity index is 514. The molecule has 0 fully saturated rings. The quantitative estimate of drug-likeness (QED) is 0.923. The molecule has 0 atom stereocenters. The van der Waals surface area contributed by atoms with Crippen LogP contribution < -0.4 is 5.32 Å². The molecule has 1 amide bonds. The molecule has 4 nitrogen and oxygen atoms in total. The second kappa shape index (κ2) is 4.44. The van der Waals surface area contributed by atoms with Gasteiger partial charge in [-0.15, -0.1) is 0 Å². The number of nitrogens with zero attached hydrogens (tertiary/aromatic N) is 1. The number of nitrogens with one attached hydrogen (secondary N) is 1. The zero-order valence-corrected chi connectivity index (χ0v) is 9.49. The molecule has 0 unspecified atom stereocenters. The summed E-state index contributed by atoms with van der Waals surface area (Å²) < 4.78 is 18.5. The van der Waals surface area contributed by atoms with E-state index in [1.54, 1.807) is 6.07 Å². The Hall–Kier alpha value is -1.69. The van der Waals surface area contributed by atoms with E-state index < -0.39 is 11.7 Å². The standard InChI is InChI=1S/C10H6BrFN2O2/c11-6-1-2-7(8(12)5-6)10(15)13-9-3-4-16-14-9/h1-5H,(H,13,14,15). The molecular weight excluding hydrogens is 279 g/mol. The predicted octanol–water partition coefficient (Wildman–Crippen LogP) is 2.83. The Morgan fingerprint density at radius 3 is 2.88 bits per heavy atom. The molecule has 16 heavy (non-hydrogen) atoms. The van der Waals surface area contributed by atoms with Gasteiger partial charge in [0.05, 0.1) is 5.56 Å². The Morgan fingerprint density at radius 1 is 1.44 bits per heavy atom. The third kappa shape index (κ3) is 2.27. The van der Waals surface area contributed by atoms with E-state index in [2.05, 4.69) is 30.9 Å². The number of carbonyl (C=O) groups is 1. The van der Waals surface area contributed by atoms with E-state index in [0.29, 0.717) is 4.47 Å². The molecule has 0 spiro atoms. The monoisotopic (exact) mass is 284 g/mol. The van der Waals surface area contributed by atoms with E-state index >= 15 is 0 Å².